The maximum atomic E-state index is 12.6. The van der Waals surface area contributed by atoms with Crippen LogP contribution in [0, 0.1) is 0 Å². The van der Waals surface area contributed by atoms with E-state index in [1.54, 1.807) is 24.3 Å². The Bertz CT molecular complexity index is 1080. The first-order valence-electron chi connectivity index (χ1n) is 8.84. The molecule has 0 unspecified atom stereocenters. The number of benzene rings is 2. The Kier molecular flexibility index (Phi) is 5.46. The average molecular weight is 470 g/mol. The summed E-state index contributed by atoms with van der Waals surface area (Å²) in [4.78, 5) is 38.8. The van der Waals surface area contributed by atoms with Gasteiger partial charge in [0, 0.05) is 15.0 Å². The number of amides is 4. The second-order valence-electron chi connectivity index (χ2n) is 6.46. The van der Waals surface area contributed by atoms with Crippen molar-refractivity contribution in [1.82, 2.24) is 10.2 Å². The van der Waals surface area contributed by atoms with E-state index < -0.39 is 6.03 Å². The van der Waals surface area contributed by atoms with Crippen LogP contribution in [0.1, 0.15) is 15.2 Å². The van der Waals surface area contributed by atoms with Crippen LogP contribution in [0.2, 0.25) is 0 Å². The smallest absolute Gasteiger partial charge is 0.324 e. The summed E-state index contributed by atoms with van der Waals surface area (Å²) in [5.41, 5.74) is 2.42. The Labute approximate surface area is 179 Å². The number of halogens is 1. The van der Waals surface area contributed by atoms with Crippen molar-refractivity contribution in [2.24, 2.45) is 0 Å². The average Bonchev–Trinajstić information content (AvgIpc) is 3.32. The first kappa shape index (κ1) is 19.4. The van der Waals surface area contributed by atoms with Crippen LogP contribution in [0.25, 0.3) is 10.4 Å². The lowest BCUT2D eigenvalue weighted by Crippen LogP contribution is -2.30. The van der Waals surface area contributed by atoms with Gasteiger partial charge in [-0.25, -0.2) is 4.79 Å². The molecule has 1 saturated heterocycles. The molecule has 0 radical (unpaired) electrons. The summed E-state index contributed by atoms with van der Waals surface area (Å²) < 4.78 is 1.00. The molecule has 1 fully saturated rings. The fourth-order valence-corrected chi connectivity index (χ4v) is 4.14. The summed E-state index contributed by atoms with van der Waals surface area (Å²) in [7, 11) is 0. The topological polar surface area (TPSA) is 78.5 Å². The van der Waals surface area contributed by atoms with Gasteiger partial charge in [0.1, 0.15) is 0 Å². The predicted octanol–water partition coefficient (Wildman–Crippen LogP) is 4.48. The highest BCUT2D eigenvalue weighted by Gasteiger charge is 2.28. The molecule has 8 heteroatoms. The van der Waals surface area contributed by atoms with Crippen molar-refractivity contribution >= 4 is 50.8 Å². The highest BCUT2D eigenvalue weighted by Crippen LogP contribution is 2.29. The van der Waals surface area contributed by atoms with Crippen LogP contribution >= 0.6 is 27.3 Å². The fraction of sp³-hybridized carbons (Fsp3) is 0.0952. The third-order valence-corrected chi connectivity index (χ3v) is 6.08. The normalized spacial score (nSPS) is 13.5. The van der Waals surface area contributed by atoms with Crippen molar-refractivity contribution in [2.45, 2.75) is 6.54 Å². The lowest BCUT2D eigenvalue weighted by atomic mass is 10.2. The van der Waals surface area contributed by atoms with E-state index in [0.717, 1.165) is 25.4 Å². The van der Waals surface area contributed by atoms with E-state index in [2.05, 4.69) is 26.6 Å². The Morgan fingerprint density at radius 1 is 1.10 bits per heavy atom. The molecule has 0 aliphatic carbocycles. The van der Waals surface area contributed by atoms with Gasteiger partial charge in [-0.1, -0.05) is 40.2 Å². The number of nitrogens with zero attached hydrogens (tertiary/aromatic N) is 1. The molecular formula is C21H16BrN3O3S. The maximum Gasteiger partial charge on any atom is 0.324 e. The van der Waals surface area contributed by atoms with E-state index in [4.69, 9.17) is 0 Å². The molecule has 2 heterocycles. The summed E-state index contributed by atoms with van der Waals surface area (Å²) in [6.07, 6.45) is 0. The van der Waals surface area contributed by atoms with Crippen molar-refractivity contribution in [3.63, 3.8) is 0 Å². The van der Waals surface area contributed by atoms with Gasteiger partial charge in [0.25, 0.3) is 5.91 Å². The van der Waals surface area contributed by atoms with E-state index in [0.29, 0.717) is 10.6 Å². The molecular weight excluding hydrogens is 454 g/mol. The van der Waals surface area contributed by atoms with Gasteiger partial charge in [-0.05, 0) is 47.5 Å². The molecule has 2 aromatic carbocycles. The summed E-state index contributed by atoms with van der Waals surface area (Å²) in [6.45, 7) is 0.190. The highest BCUT2D eigenvalue weighted by atomic mass is 79.9. The lowest BCUT2D eigenvalue weighted by Gasteiger charge is -2.13. The lowest BCUT2D eigenvalue weighted by molar-refractivity contribution is -0.125. The number of anilines is 1. The van der Waals surface area contributed by atoms with E-state index in [9.17, 15) is 14.4 Å². The molecule has 0 spiro atoms. The first-order valence-corrected chi connectivity index (χ1v) is 10.4. The van der Waals surface area contributed by atoms with Gasteiger partial charge in [0.2, 0.25) is 5.91 Å². The van der Waals surface area contributed by atoms with Crippen molar-refractivity contribution in [3.8, 4) is 10.4 Å². The Balaban J connectivity index is 1.45. The van der Waals surface area contributed by atoms with E-state index in [-0.39, 0.29) is 24.9 Å². The number of hydrogen-bond donors (Lipinski definition) is 2. The zero-order valence-corrected chi connectivity index (χ0v) is 17.5. The second kappa shape index (κ2) is 8.18. The first-order chi connectivity index (χ1) is 14.0. The Morgan fingerprint density at radius 2 is 1.90 bits per heavy atom. The number of carbonyl (C=O) groups is 3. The number of carbonyl (C=O) groups excluding carboxylic acids is 3. The van der Waals surface area contributed by atoms with Crippen molar-refractivity contribution in [1.29, 1.82) is 0 Å². The van der Waals surface area contributed by atoms with E-state index in [1.807, 2.05) is 36.4 Å². The fourth-order valence-electron chi connectivity index (χ4n) is 2.97. The second-order valence-corrected chi connectivity index (χ2v) is 8.46. The SMILES string of the molecule is O=C(Nc1cccc(CN2C(=O)CNC2=O)c1)c1ccc(-c2ccc(Br)cc2)s1. The van der Waals surface area contributed by atoms with Gasteiger partial charge in [-0.3, -0.25) is 14.5 Å². The zero-order chi connectivity index (χ0) is 20.4. The number of rotatable bonds is 5. The summed E-state index contributed by atoms with van der Waals surface area (Å²) in [5, 5.41) is 5.37. The number of urea groups is 1. The summed E-state index contributed by atoms with van der Waals surface area (Å²) in [5.74, 6) is -0.464. The molecule has 29 heavy (non-hydrogen) atoms. The Morgan fingerprint density at radius 3 is 2.62 bits per heavy atom. The molecule has 4 amide bonds. The van der Waals surface area contributed by atoms with Gasteiger partial charge in [0.05, 0.1) is 18.0 Å². The van der Waals surface area contributed by atoms with Crippen molar-refractivity contribution in [2.75, 3.05) is 11.9 Å². The van der Waals surface area contributed by atoms with E-state index >= 15 is 0 Å². The van der Waals surface area contributed by atoms with Gasteiger partial charge >= 0.3 is 6.03 Å². The molecule has 1 aliphatic rings. The molecule has 1 aliphatic heterocycles. The zero-order valence-electron chi connectivity index (χ0n) is 15.1. The molecule has 6 nitrogen and oxygen atoms in total. The molecule has 2 N–H and O–H groups in total. The standard InChI is InChI=1S/C21H16BrN3O3S/c22-15-6-4-14(5-7-15)17-8-9-18(29-17)20(27)24-16-3-1-2-13(10-16)12-25-19(26)11-23-21(25)28/h1-10H,11-12H2,(H,23,28)(H,24,27). The van der Waals surface area contributed by atoms with Crippen LogP contribution in [0.4, 0.5) is 10.5 Å². The third-order valence-electron chi connectivity index (χ3n) is 4.42. The largest absolute Gasteiger partial charge is 0.329 e. The van der Waals surface area contributed by atoms with Gasteiger partial charge < -0.3 is 10.6 Å². The van der Waals surface area contributed by atoms with E-state index in [1.165, 1.54) is 11.3 Å². The van der Waals surface area contributed by atoms with Crippen LogP contribution in [-0.2, 0) is 11.3 Å². The summed E-state index contributed by atoms with van der Waals surface area (Å²) >= 11 is 4.84. The molecule has 146 valence electrons. The quantitative estimate of drug-likeness (QED) is 0.540. The summed E-state index contributed by atoms with van der Waals surface area (Å²) in [6, 6.07) is 18.4. The molecule has 4 rings (SSSR count). The van der Waals surface area contributed by atoms with Crippen LogP contribution in [0.15, 0.2) is 65.1 Å². The minimum Gasteiger partial charge on any atom is -0.329 e. The number of imide groups is 1. The third kappa shape index (κ3) is 4.38. The molecule has 3 aromatic rings. The van der Waals surface area contributed by atoms with Gasteiger partial charge in [0.15, 0.2) is 0 Å². The minimum absolute atomic E-state index is 0.0222. The molecule has 0 saturated carbocycles. The number of nitrogens with one attached hydrogen (secondary N) is 2. The van der Waals surface area contributed by atoms with Gasteiger partial charge in [-0.2, -0.15) is 0 Å². The van der Waals surface area contributed by atoms with Crippen LogP contribution < -0.4 is 10.6 Å². The van der Waals surface area contributed by atoms with Gasteiger partial charge in [-0.15, -0.1) is 11.3 Å². The maximum absolute atomic E-state index is 12.6. The monoisotopic (exact) mass is 469 g/mol. The van der Waals surface area contributed by atoms with Crippen molar-refractivity contribution in [3.05, 3.63) is 75.6 Å². The van der Waals surface area contributed by atoms with Crippen LogP contribution in [0.5, 0.6) is 0 Å². The molecule has 0 atom stereocenters. The predicted molar refractivity (Wildman–Crippen MR) is 116 cm³/mol. The highest BCUT2D eigenvalue weighted by molar-refractivity contribution is 9.10. The minimum atomic E-state index is -0.400. The van der Waals surface area contributed by atoms with Crippen molar-refractivity contribution < 1.29 is 14.4 Å². The van der Waals surface area contributed by atoms with Crippen LogP contribution in [-0.4, -0.2) is 29.3 Å². The van der Waals surface area contributed by atoms with Crippen LogP contribution in [0.3, 0.4) is 0 Å². The number of hydrogen-bond acceptors (Lipinski definition) is 4. The molecule has 0 bridgehead atoms. The Hall–Kier alpha value is -2.97. The molecule has 1 aromatic heterocycles. The number of thiophene rings is 1.